The number of hydrogen-bond acceptors (Lipinski definition) is 4. The number of halogens is 1. The van der Waals surface area contributed by atoms with Crippen molar-refractivity contribution in [3.8, 4) is 0 Å². The number of carbonyl (C=O) groups excluding carboxylic acids is 1. The number of thiophene rings is 1. The van der Waals surface area contributed by atoms with Gasteiger partial charge in [0.2, 0.25) is 0 Å². The summed E-state index contributed by atoms with van der Waals surface area (Å²) in [6.45, 7) is 0. The summed E-state index contributed by atoms with van der Waals surface area (Å²) in [6, 6.07) is 2.70. The summed E-state index contributed by atoms with van der Waals surface area (Å²) in [7, 11) is -3.85. The summed E-state index contributed by atoms with van der Waals surface area (Å²) < 4.78 is 24.9. The average molecular weight is 224 g/mol. The van der Waals surface area contributed by atoms with Crippen LogP contribution in [0.3, 0.4) is 0 Å². The summed E-state index contributed by atoms with van der Waals surface area (Å²) in [4.78, 5) is 9.70. The molecule has 0 saturated carbocycles. The van der Waals surface area contributed by atoms with Crippen LogP contribution in [0.15, 0.2) is 20.7 Å². The maximum Gasteiger partial charge on any atom is 0.302 e. The Morgan fingerprint density at radius 2 is 2.17 bits per heavy atom. The molecule has 0 saturated heterocycles. The van der Waals surface area contributed by atoms with Crippen LogP contribution >= 0.6 is 22.9 Å². The second kappa shape index (κ2) is 3.37. The van der Waals surface area contributed by atoms with Gasteiger partial charge in [-0.15, -0.1) is 11.3 Å². The second-order valence-electron chi connectivity index (χ2n) is 1.72. The molecule has 64 valence electrons. The molecule has 0 atom stereocenters. The fourth-order valence-electron chi connectivity index (χ4n) is 0.530. The quantitative estimate of drug-likeness (QED) is 0.563. The van der Waals surface area contributed by atoms with E-state index in [1.165, 1.54) is 12.1 Å². The first-order chi connectivity index (χ1) is 5.56. The van der Waals surface area contributed by atoms with Crippen LogP contribution in [0.1, 0.15) is 0 Å². The molecular formula is C5H2ClNO3S2. The third-order valence-electron chi connectivity index (χ3n) is 0.960. The van der Waals surface area contributed by atoms with E-state index in [-0.39, 0.29) is 4.21 Å². The lowest BCUT2D eigenvalue weighted by Gasteiger charge is -1.86. The Labute approximate surface area is 77.6 Å². The van der Waals surface area contributed by atoms with Crippen LogP contribution in [0, 0.1) is 0 Å². The highest BCUT2D eigenvalue weighted by molar-refractivity contribution is 7.92. The van der Waals surface area contributed by atoms with Gasteiger partial charge < -0.3 is 0 Å². The molecule has 0 aromatic carbocycles. The minimum absolute atomic E-state index is 0.0594. The van der Waals surface area contributed by atoms with Gasteiger partial charge in [0, 0.05) is 0 Å². The standard InChI is InChI=1S/C5H2ClNO3S2/c6-4-1-2-5(11-4)12(9,10)7-3-8/h1-2H. The number of isocyanates is 1. The lowest BCUT2D eigenvalue weighted by molar-refractivity contribution is 0.564. The Kier molecular flexibility index (Phi) is 2.64. The van der Waals surface area contributed by atoms with Crippen LogP contribution in [0.4, 0.5) is 0 Å². The number of hydrogen-bond donors (Lipinski definition) is 0. The second-order valence-corrected chi connectivity index (χ2v) is 5.26. The van der Waals surface area contributed by atoms with Gasteiger partial charge in [0.1, 0.15) is 4.21 Å². The van der Waals surface area contributed by atoms with Gasteiger partial charge in [0.05, 0.1) is 4.34 Å². The van der Waals surface area contributed by atoms with Crippen molar-refractivity contribution >= 4 is 39.0 Å². The normalized spacial score (nSPS) is 10.8. The number of nitrogens with zero attached hydrogens (tertiary/aromatic N) is 1. The third kappa shape index (κ3) is 1.92. The largest absolute Gasteiger partial charge is 0.302 e. The molecule has 12 heavy (non-hydrogen) atoms. The molecule has 0 N–H and O–H groups in total. The van der Waals surface area contributed by atoms with Crippen LogP contribution in [-0.4, -0.2) is 14.5 Å². The Hall–Kier alpha value is -0.680. The zero-order chi connectivity index (χ0) is 9.19. The van der Waals surface area contributed by atoms with E-state index in [0.29, 0.717) is 4.34 Å². The minimum Gasteiger partial charge on any atom is -0.210 e. The molecule has 1 heterocycles. The SMILES string of the molecule is O=C=NS(=O)(=O)c1ccc(Cl)s1. The highest BCUT2D eigenvalue weighted by atomic mass is 35.5. The van der Waals surface area contributed by atoms with Crippen LogP contribution in [0.5, 0.6) is 0 Å². The first-order valence-corrected chi connectivity index (χ1v) is 5.29. The van der Waals surface area contributed by atoms with E-state index in [9.17, 15) is 13.2 Å². The van der Waals surface area contributed by atoms with Crippen molar-refractivity contribution in [1.29, 1.82) is 0 Å². The van der Waals surface area contributed by atoms with Crippen molar-refractivity contribution < 1.29 is 13.2 Å². The zero-order valence-corrected chi connectivity index (χ0v) is 7.91. The van der Waals surface area contributed by atoms with Gasteiger partial charge in [-0.2, -0.15) is 8.42 Å². The third-order valence-corrected chi connectivity index (χ3v) is 3.83. The van der Waals surface area contributed by atoms with Crippen molar-refractivity contribution in [2.45, 2.75) is 4.21 Å². The van der Waals surface area contributed by atoms with Gasteiger partial charge in [-0.3, -0.25) is 0 Å². The smallest absolute Gasteiger partial charge is 0.210 e. The zero-order valence-electron chi connectivity index (χ0n) is 5.52. The van der Waals surface area contributed by atoms with E-state index in [2.05, 4.69) is 4.40 Å². The lowest BCUT2D eigenvalue weighted by Crippen LogP contribution is -1.91. The topological polar surface area (TPSA) is 63.6 Å². The van der Waals surface area contributed by atoms with E-state index in [1.54, 1.807) is 0 Å². The summed E-state index contributed by atoms with van der Waals surface area (Å²) in [6.07, 6.45) is 0.966. The molecule has 0 amide bonds. The Bertz CT molecular complexity index is 429. The van der Waals surface area contributed by atoms with Crippen LogP contribution < -0.4 is 0 Å². The molecule has 0 aliphatic carbocycles. The van der Waals surface area contributed by atoms with Crippen molar-refractivity contribution in [2.75, 3.05) is 0 Å². The summed E-state index contributed by atoms with van der Waals surface area (Å²) in [5.41, 5.74) is 0. The molecule has 1 aromatic rings. The molecule has 0 aliphatic heterocycles. The summed E-state index contributed by atoms with van der Waals surface area (Å²) >= 11 is 6.32. The van der Waals surface area contributed by atoms with E-state index in [1.807, 2.05) is 0 Å². The predicted octanol–water partition coefficient (Wildman–Crippen LogP) is 1.43. The molecule has 0 spiro atoms. The molecule has 0 fully saturated rings. The lowest BCUT2D eigenvalue weighted by atomic mass is 10.7. The summed E-state index contributed by atoms with van der Waals surface area (Å²) in [5.74, 6) is 0. The molecule has 1 rings (SSSR count). The van der Waals surface area contributed by atoms with Crippen LogP contribution in [0.25, 0.3) is 0 Å². The highest BCUT2D eigenvalue weighted by Crippen LogP contribution is 2.26. The summed E-state index contributed by atoms with van der Waals surface area (Å²) in [5, 5.41) is 0. The predicted molar refractivity (Wildman–Crippen MR) is 44.6 cm³/mol. The molecule has 0 radical (unpaired) electrons. The Morgan fingerprint density at radius 1 is 1.50 bits per heavy atom. The van der Waals surface area contributed by atoms with Crippen molar-refractivity contribution in [3.63, 3.8) is 0 Å². The van der Waals surface area contributed by atoms with Gasteiger partial charge in [-0.25, -0.2) is 4.79 Å². The van der Waals surface area contributed by atoms with E-state index in [0.717, 1.165) is 17.4 Å². The van der Waals surface area contributed by atoms with Crippen LogP contribution in [0.2, 0.25) is 4.34 Å². The maximum absolute atomic E-state index is 11.0. The average Bonchev–Trinajstić information content (AvgIpc) is 2.36. The van der Waals surface area contributed by atoms with Crippen LogP contribution in [-0.2, 0) is 14.8 Å². The minimum atomic E-state index is -3.85. The Balaban J connectivity index is 3.23. The van der Waals surface area contributed by atoms with Gasteiger partial charge in [-0.05, 0) is 12.1 Å². The number of sulfonamides is 1. The molecule has 0 unspecified atom stereocenters. The molecule has 1 aromatic heterocycles. The Morgan fingerprint density at radius 3 is 2.58 bits per heavy atom. The maximum atomic E-state index is 11.0. The molecular weight excluding hydrogens is 222 g/mol. The van der Waals surface area contributed by atoms with Crippen molar-refractivity contribution in [1.82, 2.24) is 0 Å². The highest BCUT2D eigenvalue weighted by Gasteiger charge is 2.14. The van der Waals surface area contributed by atoms with Gasteiger partial charge in [0.25, 0.3) is 6.08 Å². The molecule has 0 bridgehead atoms. The molecule has 4 nitrogen and oxygen atoms in total. The molecule has 0 aliphatic rings. The van der Waals surface area contributed by atoms with Crippen molar-refractivity contribution in [2.24, 2.45) is 4.40 Å². The molecule has 7 heteroatoms. The van der Waals surface area contributed by atoms with E-state index >= 15 is 0 Å². The first-order valence-electron chi connectivity index (χ1n) is 2.66. The van der Waals surface area contributed by atoms with Gasteiger partial charge in [0.15, 0.2) is 0 Å². The fraction of sp³-hybridized carbons (Fsp3) is 0. The van der Waals surface area contributed by atoms with Crippen molar-refractivity contribution in [3.05, 3.63) is 16.5 Å². The monoisotopic (exact) mass is 223 g/mol. The first kappa shape index (κ1) is 9.41. The van der Waals surface area contributed by atoms with E-state index in [4.69, 9.17) is 11.6 Å². The van der Waals surface area contributed by atoms with E-state index < -0.39 is 10.0 Å². The fourth-order valence-corrected chi connectivity index (χ4v) is 2.67. The van der Waals surface area contributed by atoms with Gasteiger partial charge >= 0.3 is 10.0 Å². The van der Waals surface area contributed by atoms with Gasteiger partial charge in [-0.1, -0.05) is 16.0 Å². The number of rotatable bonds is 2.